The molecular formula is C21H28N6OS. The van der Waals surface area contributed by atoms with Crippen molar-refractivity contribution in [2.24, 2.45) is 12.8 Å². The van der Waals surface area contributed by atoms with Gasteiger partial charge < -0.3 is 16.4 Å². The van der Waals surface area contributed by atoms with E-state index in [-0.39, 0.29) is 18.2 Å². The van der Waals surface area contributed by atoms with Crippen LogP contribution in [0.3, 0.4) is 0 Å². The average molecular weight is 413 g/mol. The molecule has 0 saturated carbocycles. The number of nitrogen functional groups attached to an aromatic ring is 1. The van der Waals surface area contributed by atoms with Crippen molar-refractivity contribution in [2.45, 2.75) is 45.1 Å². The summed E-state index contributed by atoms with van der Waals surface area (Å²) in [4.78, 5) is 20.1. The SMILES string of the molecule is CCc1cnc2c(C(=O)Cc3cnn(C)c3N3CCCC(N)CC3)c(N)sc2c1. The van der Waals surface area contributed by atoms with Gasteiger partial charge in [0.25, 0.3) is 0 Å². The van der Waals surface area contributed by atoms with Crippen LogP contribution in [0.25, 0.3) is 10.2 Å². The zero-order valence-corrected chi connectivity index (χ0v) is 17.8. The maximum absolute atomic E-state index is 13.2. The third-order valence-electron chi connectivity index (χ3n) is 5.70. The van der Waals surface area contributed by atoms with Gasteiger partial charge >= 0.3 is 0 Å². The van der Waals surface area contributed by atoms with Gasteiger partial charge in [-0.05, 0) is 37.3 Å². The number of carbonyl (C=O) groups excluding carboxylic acids is 1. The number of aromatic nitrogens is 3. The summed E-state index contributed by atoms with van der Waals surface area (Å²) in [7, 11) is 1.93. The lowest BCUT2D eigenvalue weighted by atomic mass is 10.0. The summed E-state index contributed by atoms with van der Waals surface area (Å²) in [5.41, 5.74) is 15.7. The van der Waals surface area contributed by atoms with Crippen molar-refractivity contribution in [3.63, 3.8) is 0 Å². The van der Waals surface area contributed by atoms with Crippen LogP contribution in [0.5, 0.6) is 0 Å². The summed E-state index contributed by atoms with van der Waals surface area (Å²) in [5, 5.41) is 4.97. The maximum Gasteiger partial charge on any atom is 0.172 e. The first-order chi connectivity index (χ1) is 14.0. The van der Waals surface area contributed by atoms with Crippen LogP contribution in [-0.4, -0.2) is 39.7 Å². The lowest BCUT2D eigenvalue weighted by Crippen LogP contribution is -2.29. The van der Waals surface area contributed by atoms with Gasteiger partial charge in [0.1, 0.15) is 5.82 Å². The third kappa shape index (κ3) is 3.86. The van der Waals surface area contributed by atoms with Crippen molar-refractivity contribution in [3.8, 4) is 0 Å². The van der Waals surface area contributed by atoms with E-state index in [9.17, 15) is 4.79 Å². The summed E-state index contributed by atoms with van der Waals surface area (Å²) in [5.74, 6) is 0.998. The summed E-state index contributed by atoms with van der Waals surface area (Å²) >= 11 is 1.44. The second-order valence-electron chi connectivity index (χ2n) is 7.78. The third-order valence-corrected chi connectivity index (χ3v) is 6.66. The normalized spacial score (nSPS) is 17.6. The number of nitrogens with zero attached hydrogens (tertiary/aromatic N) is 4. The van der Waals surface area contributed by atoms with Crippen LogP contribution in [0.2, 0.25) is 0 Å². The van der Waals surface area contributed by atoms with E-state index in [4.69, 9.17) is 11.5 Å². The Balaban J connectivity index is 1.63. The number of thiophene rings is 1. The number of hydrogen-bond donors (Lipinski definition) is 2. The highest BCUT2D eigenvalue weighted by molar-refractivity contribution is 7.23. The minimum absolute atomic E-state index is 0.00808. The predicted octanol–water partition coefficient (Wildman–Crippen LogP) is 2.92. The van der Waals surface area contributed by atoms with Crippen molar-refractivity contribution >= 4 is 38.2 Å². The maximum atomic E-state index is 13.2. The van der Waals surface area contributed by atoms with E-state index in [0.717, 1.165) is 60.4 Å². The number of pyridine rings is 1. The molecule has 3 aromatic rings. The second kappa shape index (κ2) is 8.12. The molecule has 1 fully saturated rings. The van der Waals surface area contributed by atoms with Gasteiger partial charge in [-0.2, -0.15) is 5.10 Å². The van der Waals surface area contributed by atoms with Crippen molar-refractivity contribution in [1.82, 2.24) is 14.8 Å². The van der Waals surface area contributed by atoms with Crippen molar-refractivity contribution in [1.29, 1.82) is 0 Å². The Bertz CT molecular complexity index is 1040. The molecule has 0 spiro atoms. The Morgan fingerprint density at radius 3 is 2.93 bits per heavy atom. The molecule has 1 atom stereocenters. The predicted molar refractivity (Wildman–Crippen MR) is 119 cm³/mol. The molecule has 0 bridgehead atoms. The molecule has 0 aromatic carbocycles. The van der Waals surface area contributed by atoms with E-state index in [1.165, 1.54) is 11.3 Å². The Labute approximate surface area is 174 Å². The minimum atomic E-state index is -0.00808. The first-order valence-electron chi connectivity index (χ1n) is 10.2. The largest absolute Gasteiger partial charge is 0.390 e. The number of rotatable bonds is 5. The smallest absolute Gasteiger partial charge is 0.172 e. The molecule has 29 heavy (non-hydrogen) atoms. The van der Waals surface area contributed by atoms with Gasteiger partial charge in [0.15, 0.2) is 5.78 Å². The van der Waals surface area contributed by atoms with Crippen LogP contribution < -0.4 is 16.4 Å². The Kier molecular flexibility index (Phi) is 5.56. The van der Waals surface area contributed by atoms with E-state index < -0.39 is 0 Å². The van der Waals surface area contributed by atoms with Crippen molar-refractivity contribution in [2.75, 3.05) is 23.7 Å². The van der Waals surface area contributed by atoms with Gasteiger partial charge in [-0.3, -0.25) is 14.5 Å². The molecule has 0 amide bonds. The number of ketones is 1. The molecule has 0 radical (unpaired) electrons. The topological polar surface area (TPSA) is 103 Å². The molecule has 3 aromatic heterocycles. The van der Waals surface area contributed by atoms with Crippen LogP contribution >= 0.6 is 11.3 Å². The van der Waals surface area contributed by atoms with Crippen LogP contribution in [0.4, 0.5) is 10.8 Å². The van der Waals surface area contributed by atoms with E-state index in [1.807, 2.05) is 17.9 Å². The number of carbonyl (C=O) groups is 1. The molecule has 1 saturated heterocycles. The van der Waals surface area contributed by atoms with Crippen LogP contribution in [0.1, 0.15) is 47.7 Å². The molecule has 4 N–H and O–H groups in total. The van der Waals surface area contributed by atoms with Crippen molar-refractivity contribution in [3.05, 3.63) is 35.2 Å². The Hall–Kier alpha value is -2.45. The number of Topliss-reactive ketones (excluding diaryl/α,β-unsaturated/α-hetero) is 1. The monoisotopic (exact) mass is 412 g/mol. The van der Waals surface area contributed by atoms with Gasteiger partial charge in [0.05, 0.1) is 27.0 Å². The zero-order valence-electron chi connectivity index (χ0n) is 17.0. The molecule has 1 aliphatic rings. The first kappa shape index (κ1) is 19.8. The fraction of sp³-hybridized carbons (Fsp3) is 0.476. The Morgan fingerprint density at radius 1 is 1.31 bits per heavy atom. The molecule has 1 unspecified atom stereocenters. The molecule has 4 rings (SSSR count). The Morgan fingerprint density at radius 2 is 2.14 bits per heavy atom. The number of hydrogen-bond acceptors (Lipinski definition) is 7. The highest BCUT2D eigenvalue weighted by atomic mass is 32.1. The average Bonchev–Trinajstić information content (AvgIpc) is 3.13. The number of fused-ring (bicyclic) bond motifs is 1. The summed E-state index contributed by atoms with van der Waals surface area (Å²) < 4.78 is 2.83. The van der Waals surface area contributed by atoms with Gasteiger partial charge in [-0.1, -0.05) is 6.92 Å². The fourth-order valence-corrected chi connectivity index (χ4v) is 5.12. The highest BCUT2D eigenvalue weighted by Gasteiger charge is 2.24. The molecule has 1 aliphatic heterocycles. The number of aryl methyl sites for hydroxylation is 2. The quantitative estimate of drug-likeness (QED) is 0.625. The summed E-state index contributed by atoms with van der Waals surface area (Å²) in [6.07, 6.45) is 7.83. The van der Waals surface area contributed by atoms with Crippen LogP contribution in [-0.2, 0) is 19.9 Å². The first-order valence-corrected chi connectivity index (χ1v) is 11.0. The molecule has 7 nitrogen and oxygen atoms in total. The molecule has 154 valence electrons. The second-order valence-corrected chi connectivity index (χ2v) is 8.86. The molecule has 8 heteroatoms. The van der Waals surface area contributed by atoms with Gasteiger partial charge in [0.2, 0.25) is 0 Å². The molecule has 4 heterocycles. The molecular weight excluding hydrogens is 384 g/mol. The van der Waals surface area contributed by atoms with E-state index in [2.05, 4.69) is 28.0 Å². The summed E-state index contributed by atoms with van der Waals surface area (Å²) in [6, 6.07) is 2.32. The van der Waals surface area contributed by atoms with Gasteiger partial charge in [-0.25, -0.2) is 0 Å². The number of anilines is 2. The zero-order chi connectivity index (χ0) is 20.5. The number of nitrogens with two attached hydrogens (primary N) is 2. The van der Waals surface area contributed by atoms with E-state index >= 15 is 0 Å². The van der Waals surface area contributed by atoms with Crippen molar-refractivity contribution < 1.29 is 4.79 Å². The van der Waals surface area contributed by atoms with Crippen LogP contribution in [0, 0.1) is 0 Å². The van der Waals surface area contributed by atoms with E-state index in [0.29, 0.717) is 16.1 Å². The lowest BCUT2D eigenvalue weighted by molar-refractivity contribution is 0.0995. The fourth-order valence-electron chi connectivity index (χ4n) is 4.10. The minimum Gasteiger partial charge on any atom is -0.390 e. The van der Waals surface area contributed by atoms with E-state index in [1.54, 1.807) is 6.20 Å². The standard InChI is InChI=1S/C21H28N6OS/c1-3-13-9-17-19(24-11-13)18(20(23)29-17)16(28)10-14-12-25-26(2)21(14)27-7-4-5-15(22)6-8-27/h9,11-12,15H,3-8,10,22-23H2,1-2H3. The van der Waals surface area contributed by atoms with Crippen LogP contribution in [0.15, 0.2) is 18.5 Å². The lowest BCUT2D eigenvalue weighted by Gasteiger charge is -2.24. The highest BCUT2D eigenvalue weighted by Crippen LogP contribution is 2.34. The van der Waals surface area contributed by atoms with Gasteiger partial charge in [0, 0.05) is 44.4 Å². The van der Waals surface area contributed by atoms with Gasteiger partial charge in [-0.15, -0.1) is 11.3 Å². The summed E-state index contributed by atoms with van der Waals surface area (Å²) in [6.45, 7) is 3.90. The molecule has 0 aliphatic carbocycles.